The van der Waals surface area contributed by atoms with Gasteiger partial charge in [0.15, 0.2) is 23.1 Å². The fourth-order valence-corrected chi connectivity index (χ4v) is 11.5. The van der Waals surface area contributed by atoms with Crippen LogP contribution >= 0.6 is 23.2 Å². The Morgan fingerprint density at radius 3 is 1.18 bits per heavy atom. The molecule has 8 aromatic carbocycles. The fourth-order valence-electron chi connectivity index (χ4n) is 8.98. The van der Waals surface area contributed by atoms with Crippen molar-refractivity contribution in [2.45, 2.75) is 36.0 Å². The third-order valence-corrected chi connectivity index (χ3v) is 16.7. The van der Waals surface area contributed by atoms with Crippen LogP contribution in [-0.2, 0) is 68.8 Å². The molecular weight excluding hydrogens is 1280 g/mol. The highest BCUT2D eigenvalue weighted by Gasteiger charge is 2.18. The molecule has 0 aliphatic rings. The number of nitrogens with two attached hydrogens (primary N) is 2. The Bertz CT molecular complexity index is 4960. The van der Waals surface area contributed by atoms with Gasteiger partial charge in [0.05, 0.1) is 116 Å². The zero-order valence-electron chi connectivity index (χ0n) is 46.5. The summed E-state index contributed by atoms with van der Waals surface area (Å²) in [5.41, 5.74) is 8.75. The number of carbonyl (C=O) groups is 4. The maximum Gasteiger partial charge on any atom is 0.239 e. The first-order valence-corrected chi connectivity index (χ1v) is 32.3. The number of imidazole rings is 4. The van der Waals surface area contributed by atoms with E-state index in [1.54, 1.807) is 67.8 Å². The number of Topliss-reactive ketones (excluding diaryl/α,β-unsaturated/α-hetero) is 4. The molecule has 4 heterocycles. The molecule has 12 aromatic rings. The number of nitrogens with zero attached hydrogens (tertiary/aromatic N) is 8. The van der Waals surface area contributed by atoms with Crippen molar-refractivity contribution in [1.82, 2.24) is 38.2 Å². The summed E-state index contributed by atoms with van der Waals surface area (Å²) in [6, 6.07) is 50.4. The summed E-state index contributed by atoms with van der Waals surface area (Å²) in [5.74, 6) is -0.645. The van der Waals surface area contributed by atoms with Gasteiger partial charge in [-0.3, -0.25) is 27.6 Å². The molecule has 0 bridgehead atoms. The second-order valence-electron chi connectivity index (χ2n) is 19.3. The van der Waals surface area contributed by atoms with Crippen LogP contribution in [0.3, 0.4) is 0 Å². The van der Waals surface area contributed by atoms with E-state index in [0.29, 0.717) is 27.9 Å². The lowest BCUT2D eigenvalue weighted by molar-refractivity contribution is 0.0965. The van der Waals surface area contributed by atoms with E-state index in [2.05, 4.69) is 29.4 Å². The van der Waals surface area contributed by atoms with Crippen LogP contribution in [0.4, 0.5) is 11.4 Å². The molecule has 0 radical (unpaired) electrons. The van der Waals surface area contributed by atoms with Crippen LogP contribution < -0.4 is 19.7 Å². The Labute approximate surface area is 528 Å². The molecular formula is C60H48Cl2N12O12S4-2. The molecule has 24 nitrogen and oxygen atoms in total. The number of ketones is 4. The average Bonchev–Trinajstić information content (AvgIpc) is 1.63. The summed E-state index contributed by atoms with van der Waals surface area (Å²) in [5, 5.41) is 10.2. The van der Waals surface area contributed by atoms with E-state index in [0.717, 1.165) is 44.1 Å². The topological polar surface area (TPSA) is 364 Å². The first-order chi connectivity index (χ1) is 43.0. The monoisotopic (exact) mass is 1330 g/mol. The number of fused-ring (bicyclic) bond motifs is 4. The van der Waals surface area contributed by atoms with Crippen LogP contribution in [0, 0.1) is 0 Å². The predicted molar refractivity (Wildman–Crippen MR) is 340 cm³/mol. The summed E-state index contributed by atoms with van der Waals surface area (Å²) in [4.78, 5) is 66.2. The highest BCUT2D eigenvalue weighted by atomic mass is 35.5. The van der Waals surface area contributed by atoms with Crippen LogP contribution in [0.5, 0.6) is 0 Å². The molecule has 4 aromatic heterocycles. The van der Waals surface area contributed by atoms with Crippen molar-refractivity contribution in [3.05, 3.63) is 240 Å². The molecule has 6 N–H and O–H groups in total. The summed E-state index contributed by atoms with van der Waals surface area (Å²) < 4.78 is 99.2. The zero-order valence-corrected chi connectivity index (χ0v) is 51.3. The summed E-state index contributed by atoms with van der Waals surface area (Å²) in [6.07, 6.45) is 6.42. The highest BCUT2D eigenvalue weighted by molar-refractivity contribution is 7.89. The quantitative estimate of drug-likeness (QED) is 0.0461. The van der Waals surface area contributed by atoms with Crippen LogP contribution in [0.15, 0.2) is 217 Å². The Balaban J connectivity index is 0.000000142. The molecule has 12 rings (SSSR count). The van der Waals surface area contributed by atoms with Gasteiger partial charge < -0.3 is 36.8 Å². The molecule has 0 aliphatic heterocycles. The first kappa shape index (κ1) is 65.0. The standard InChI is InChI=1S/2C15H12ClN3O3S.2C15H13N3O3S/c16-11-7-10(5-6-15(11)23(17,21)22)14(20)8-19-9-18-12-3-1-2-4-13(12)19;16-11-6-5-10(7-13(11)18-23(21)22)15(20)8-19-9-17-12-3-1-2-4-14(12)19;19-15(11-4-3-5-12(8-11)17-22(20)21)9-18-10-16-13-6-1-2-7-14(13)18;16-22(20,21)12-7-5-11(6-8-12)15(19)9-18-10-17-13-3-1-2-4-14(13)18/h1-7,9H,8H2,(H2,17,21,22);1-7,9,18H,8H2,(H,21,22);1-8,10,17H,9H2,(H,20,21);1-8,10H,9H2,(H2,16,20,21)/p-2. The Morgan fingerprint density at radius 1 is 0.422 bits per heavy atom. The van der Waals surface area contributed by atoms with Crippen molar-refractivity contribution < 1.29 is 53.5 Å². The maximum absolute atomic E-state index is 12.4. The molecule has 0 spiro atoms. The number of rotatable bonds is 18. The lowest BCUT2D eigenvalue weighted by atomic mass is 10.1. The van der Waals surface area contributed by atoms with Gasteiger partial charge in [-0.2, -0.15) is 0 Å². The molecule has 90 heavy (non-hydrogen) atoms. The van der Waals surface area contributed by atoms with E-state index in [1.807, 2.05) is 97.1 Å². The molecule has 0 aliphatic carbocycles. The number of benzene rings is 8. The van der Waals surface area contributed by atoms with Crippen LogP contribution in [0.2, 0.25) is 10.0 Å². The second kappa shape index (κ2) is 28.8. The molecule has 2 unspecified atom stereocenters. The minimum absolute atomic E-state index is 0.0165. The molecule has 2 atom stereocenters. The second-order valence-corrected chi connectivity index (χ2v) is 24.6. The normalized spacial score (nSPS) is 12.0. The fraction of sp³-hybridized carbons (Fsp3) is 0.0667. The summed E-state index contributed by atoms with van der Waals surface area (Å²) >= 11 is 6.88. The van der Waals surface area contributed by atoms with E-state index in [1.165, 1.54) is 60.7 Å². The number of carbonyl (C=O) groups excluding carboxylic acids is 4. The van der Waals surface area contributed by atoms with Gasteiger partial charge in [0, 0.05) is 50.5 Å². The van der Waals surface area contributed by atoms with E-state index < -0.39 is 42.6 Å². The number of hydrogen-bond donors (Lipinski definition) is 4. The first-order valence-electron chi connectivity index (χ1n) is 26.3. The van der Waals surface area contributed by atoms with Gasteiger partial charge in [0.25, 0.3) is 0 Å². The van der Waals surface area contributed by atoms with Gasteiger partial charge in [-0.05, 0) is 121 Å². The summed E-state index contributed by atoms with van der Waals surface area (Å²) in [6.45, 7) is 0.452. The van der Waals surface area contributed by atoms with E-state index in [9.17, 15) is 53.5 Å². The third kappa shape index (κ3) is 16.6. The highest BCUT2D eigenvalue weighted by Crippen LogP contribution is 2.26. The molecule has 30 heteroatoms. The lowest BCUT2D eigenvalue weighted by Gasteiger charge is -2.12. The molecule has 460 valence electrons. The minimum atomic E-state index is -3.91. The molecule has 0 amide bonds. The Kier molecular flexibility index (Phi) is 20.8. The molecule has 0 saturated heterocycles. The number of primary sulfonamides is 2. The molecule has 0 fully saturated rings. The van der Waals surface area contributed by atoms with Crippen molar-refractivity contribution in [2.24, 2.45) is 10.3 Å². The van der Waals surface area contributed by atoms with Gasteiger partial charge in [-0.1, -0.05) is 83.9 Å². The number of anilines is 2. The van der Waals surface area contributed by atoms with Crippen LogP contribution in [-0.4, -0.2) is 95.7 Å². The van der Waals surface area contributed by atoms with E-state index in [-0.39, 0.29) is 74.8 Å². The van der Waals surface area contributed by atoms with Crippen LogP contribution in [0.25, 0.3) is 44.1 Å². The van der Waals surface area contributed by atoms with E-state index >= 15 is 0 Å². The smallest absolute Gasteiger partial charge is 0.239 e. The SMILES string of the molecule is NS(=O)(=O)c1ccc(C(=O)Cn2cnc3ccccc32)cc1.NS(=O)(=O)c1ccc(C(=O)Cn2cnc3ccccc32)cc1Cl.O=C(Cn1cnc2ccccc21)c1ccc(Cl)c(NS(=O)[O-])c1.O=C(Cn1cnc2ccccc21)c1cccc(NS(=O)[O-])c1. The minimum Gasteiger partial charge on any atom is -0.755 e. The van der Waals surface area contributed by atoms with Gasteiger partial charge in [0.1, 0.15) is 4.90 Å². The number of para-hydroxylation sites is 8. The average molecular weight is 1330 g/mol. The number of sulfonamides is 2. The van der Waals surface area contributed by atoms with Crippen molar-refractivity contribution in [3.63, 3.8) is 0 Å². The lowest BCUT2D eigenvalue weighted by Crippen LogP contribution is -2.14. The van der Waals surface area contributed by atoms with Crippen molar-refractivity contribution in [2.75, 3.05) is 9.44 Å². The third-order valence-electron chi connectivity index (χ3n) is 13.3. The maximum atomic E-state index is 12.4. The van der Waals surface area contributed by atoms with Gasteiger partial charge in [-0.15, -0.1) is 0 Å². The molecule has 0 saturated carbocycles. The van der Waals surface area contributed by atoms with Crippen molar-refractivity contribution in [1.29, 1.82) is 0 Å². The van der Waals surface area contributed by atoms with Gasteiger partial charge in [-0.25, -0.2) is 47.0 Å². The largest absolute Gasteiger partial charge is 0.755 e. The predicted octanol–water partition coefficient (Wildman–Crippen LogP) is 8.69. The van der Waals surface area contributed by atoms with Crippen LogP contribution in [0.1, 0.15) is 41.4 Å². The summed E-state index contributed by atoms with van der Waals surface area (Å²) in [7, 11) is -7.66. The number of halogens is 2. The van der Waals surface area contributed by atoms with Crippen molar-refractivity contribution in [3.8, 4) is 0 Å². The Hall–Kier alpha value is -9.46. The van der Waals surface area contributed by atoms with E-state index in [4.69, 9.17) is 33.5 Å². The van der Waals surface area contributed by atoms with Gasteiger partial charge >= 0.3 is 0 Å². The van der Waals surface area contributed by atoms with Crippen molar-refractivity contribution >= 4 is 144 Å². The number of hydrogen-bond acceptors (Lipinski definition) is 16. The number of aromatic nitrogens is 8. The number of nitrogens with one attached hydrogen (secondary N) is 2. The zero-order chi connectivity index (χ0) is 64.3. The Morgan fingerprint density at radius 2 is 0.789 bits per heavy atom. The van der Waals surface area contributed by atoms with Gasteiger partial charge in [0.2, 0.25) is 20.0 Å².